The van der Waals surface area contributed by atoms with Crippen molar-refractivity contribution in [3.8, 4) is 0 Å². The molecule has 0 heterocycles. The quantitative estimate of drug-likeness (QED) is 0.226. The van der Waals surface area contributed by atoms with Gasteiger partial charge in [0.1, 0.15) is 0 Å². The van der Waals surface area contributed by atoms with Gasteiger partial charge in [-0.2, -0.15) is 0 Å². The van der Waals surface area contributed by atoms with Crippen molar-refractivity contribution >= 4 is 45.0 Å². The molecule has 0 aliphatic heterocycles. The Morgan fingerprint density at radius 2 is 1.39 bits per heavy atom. The molecule has 3 aromatic rings. The zero-order valence-electron chi connectivity index (χ0n) is 15.9. The van der Waals surface area contributed by atoms with E-state index in [-0.39, 0.29) is 22.7 Å². The molecule has 0 unspecified atom stereocenters. The molecule has 31 heavy (non-hydrogen) atoms. The number of rotatable bonds is 7. The topological polar surface area (TPSA) is 116 Å². The molecular formula is C22H15BrN2O6. The fourth-order valence-corrected chi connectivity index (χ4v) is 2.83. The summed E-state index contributed by atoms with van der Waals surface area (Å²) in [5.41, 5.74) is 1.24. The molecule has 0 aliphatic carbocycles. The summed E-state index contributed by atoms with van der Waals surface area (Å²) in [7, 11) is 0. The highest BCUT2D eigenvalue weighted by atomic mass is 79.9. The Morgan fingerprint density at radius 3 is 1.97 bits per heavy atom. The van der Waals surface area contributed by atoms with Crippen LogP contribution >= 0.6 is 15.9 Å². The molecule has 0 aromatic heterocycles. The van der Waals surface area contributed by atoms with Crippen LogP contribution in [0.3, 0.4) is 0 Å². The summed E-state index contributed by atoms with van der Waals surface area (Å²) in [6.45, 7) is -0.501. The molecule has 0 radical (unpaired) electrons. The van der Waals surface area contributed by atoms with Crippen molar-refractivity contribution < 1.29 is 24.0 Å². The number of hydrogen-bond donors (Lipinski definition) is 1. The molecule has 9 heteroatoms. The predicted molar refractivity (Wildman–Crippen MR) is 116 cm³/mol. The Bertz CT molecular complexity index is 1130. The number of Topliss-reactive ketones (excluding diaryl/α,β-unsaturated/α-hetero) is 1. The average Bonchev–Trinajstić information content (AvgIpc) is 2.78. The minimum atomic E-state index is -0.707. The first-order valence-electron chi connectivity index (χ1n) is 8.95. The van der Waals surface area contributed by atoms with E-state index < -0.39 is 23.3 Å². The first kappa shape index (κ1) is 21.8. The van der Waals surface area contributed by atoms with E-state index in [1.807, 2.05) is 0 Å². The van der Waals surface area contributed by atoms with Crippen LogP contribution in [0.4, 0.5) is 11.4 Å². The number of nitrogens with one attached hydrogen (secondary N) is 1. The van der Waals surface area contributed by atoms with Crippen LogP contribution in [0.15, 0.2) is 77.3 Å². The number of ether oxygens (including phenoxy) is 1. The molecule has 3 rings (SSSR count). The summed E-state index contributed by atoms with van der Waals surface area (Å²) in [6.07, 6.45) is 0. The fourth-order valence-electron chi connectivity index (χ4n) is 2.56. The van der Waals surface area contributed by atoms with Crippen molar-refractivity contribution in [3.05, 3.63) is 104 Å². The van der Waals surface area contributed by atoms with Gasteiger partial charge in [-0.05, 0) is 60.7 Å². The number of non-ortho nitro benzene ring substituents is 1. The summed E-state index contributed by atoms with van der Waals surface area (Å²) in [5, 5.41) is 13.4. The van der Waals surface area contributed by atoms with Gasteiger partial charge in [0.15, 0.2) is 12.4 Å². The van der Waals surface area contributed by atoms with E-state index in [1.54, 1.807) is 36.4 Å². The Labute approximate surface area is 185 Å². The van der Waals surface area contributed by atoms with Gasteiger partial charge in [-0.3, -0.25) is 19.7 Å². The zero-order valence-corrected chi connectivity index (χ0v) is 17.5. The van der Waals surface area contributed by atoms with E-state index in [0.717, 1.165) is 4.47 Å². The van der Waals surface area contributed by atoms with Crippen LogP contribution < -0.4 is 5.32 Å². The second kappa shape index (κ2) is 9.77. The lowest BCUT2D eigenvalue weighted by Crippen LogP contribution is -2.15. The van der Waals surface area contributed by atoms with E-state index in [4.69, 9.17) is 4.74 Å². The lowest BCUT2D eigenvalue weighted by Gasteiger charge is -2.07. The van der Waals surface area contributed by atoms with Crippen molar-refractivity contribution in [3.63, 3.8) is 0 Å². The number of esters is 1. The Kier molecular flexibility index (Phi) is 6.88. The van der Waals surface area contributed by atoms with Gasteiger partial charge in [0.05, 0.1) is 10.5 Å². The fraction of sp³-hybridized carbons (Fsp3) is 0.0455. The van der Waals surface area contributed by atoms with E-state index in [9.17, 15) is 24.5 Å². The van der Waals surface area contributed by atoms with Crippen LogP contribution in [-0.4, -0.2) is 29.2 Å². The Hall–Kier alpha value is -3.85. The number of carbonyl (C=O) groups is 3. The SMILES string of the molecule is O=C(COC(=O)c1ccc(NC(=O)c2ccc(Br)cc2)cc1)c1ccc([N+](=O)[O-])cc1. The highest BCUT2D eigenvalue weighted by Crippen LogP contribution is 2.15. The number of benzene rings is 3. The molecule has 3 aromatic carbocycles. The standard InChI is InChI=1S/C22H15BrN2O6/c23-17-7-1-15(2-8-17)21(27)24-18-9-3-16(4-10-18)22(28)31-13-20(26)14-5-11-19(12-6-14)25(29)30/h1-12H,13H2,(H,24,27). The Morgan fingerprint density at radius 1 is 0.839 bits per heavy atom. The van der Waals surface area contributed by atoms with Gasteiger partial charge in [0.25, 0.3) is 11.6 Å². The number of anilines is 1. The van der Waals surface area contributed by atoms with Crippen molar-refractivity contribution in [1.82, 2.24) is 0 Å². The summed E-state index contributed by atoms with van der Waals surface area (Å²) in [6, 6.07) is 17.9. The third kappa shape index (κ3) is 5.83. The van der Waals surface area contributed by atoms with Crippen molar-refractivity contribution in [2.75, 3.05) is 11.9 Å². The monoisotopic (exact) mass is 482 g/mol. The average molecular weight is 483 g/mol. The highest BCUT2D eigenvalue weighted by Gasteiger charge is 2.14. The molecule has 0 saturated carbocycles. The van der Waals surface area contributed by atoms with E-state index in [2.05, 4.69) is 21.2 Å². The van der Waals surface area contributed by atoms with Crippen molar-refractivity contribution in [1.29, 1.82) is 0 Å². The minimum absolute atomic E-state index is 0.138. The van der Waals surface area contributed by atoms with Crippen molar-refractivity contribution in [2.24, 2.45) is 0 Å². The molecule has 0 atom stereocenters. The molecule has 1 amide bonds. The van der Waals surface area contributed by atoms with Crippen LogP contribution in [0.5, 0.6) is 0 Å². The third-order valence-corrected chi connectivity index (χ3v) is 4.75. The van der Waals surface area contributed by atoms with Gasteiger partial charge in [-0.1, -0.05) is 15.9 Å². The maximum atomic E-state index is 12.2. The number of carbonyl (C=O) groups excluding carboxylic acids is 3. The van der Waals surface area contributed by atoms with Gasteiger partial charge >= 0.3 is 5.97 Å². The number of amides is 1. The second-order valence-corrected chi connectivity index (χ2v) is 7.26. The third-order valence-electron chi connectivity index (χ3n) is 4.22. The van der Waals surface area contributed by atoms with Gasteiger partial charge < -0.3 is 10.1 Å². The lowest BCUT2D eigenvalue weighted by atomic mass is 10.1. The predicted octanol–water partition coefficient (Wildman–Crippen LogP) is 4.65. The molecule has 0 bridgehead atoms. The molecule has 8 nitrogen and oxygen atoms in total. The summed E-state index contributed by atoms with van der Waals surface area (Å²) >= 11 is 3.30. The summed E-state index contributed by atoms with van der Waals surface area (Å²) in [4.78, 5) is 46.5. The lowest BCUT2D eigenvalue weighted by molar-refractivity contribution is -0.384. The maximum Gasteiger partial charge on any atom is 0.338 e. The van der Waals surface area contributed by atoms with Crippen LogP contribution in [0, 0.1) is 10.1 Å². The number of ketones is 1. The second-order valence-electron chi connectivity index (χ2n) is 6.34. The maximum absolute atomic E-state index is 12.2. The first-order chi connectivity index (χ1) is 14.8. The molecule has 1 N–H and O–H groups in total. The Balaban J connectivity index is 1.55. The smallest absolute Gasteiger partial charge is 0.338 e. The molecular weight excluding hydrogens is 468 g/mol. The van der Waals surface area contributed by atoms with E-state index >= 15 is 0 Å². The number of nitro groups is 1. The van der Waals surface area contributed by atoms with Crippen molar-refractivity contribution in [2.45, 2.75) is 0 Å². The van der Waals surface area contributed by atoms with E-state index in [1.165, 1.54) is 36.4 Å². The summed E-state index contributed by atoms with van der Waals surface area (Å²) < 4.78 is 5.87. The van der Waals surface area contributed by atoms with Crippen LogP contribution in [0.1, 0.15) is 31.1 Å². The number of hydrogen-bond acceptors (Lipinski definition) is 6. The van der Waals surface area contributed by atoms with Crippen LogP contribution in [0.2, 0.25) is 0 Å². The van der Waals surface area contributed by atoms with Gasteiger partial charge in [-0.25, -0.2) is 4.79 Å². The van der Waals surface area contributed by atoms with Crippen LogP contribution in [0.25, 0.3) is 0 Å². The first-order valence-corrected chi connectivity index (χ1v) is 9.74. The number of halogens is 1. The van der Waals surface area contributed by atoms with Crippen LogP contribution in [-0.2, 0) is 4.74 Å². The minimum Gasteiger partial charge on any atom is -0.454 e. The molecule has 0 fully saturated rings. The van der Waals surface area contributed by atoms with Gasteiger partial charge in [0.2, 0.25) is 0 Å². The number of nitro benzene ring substituents is 1. The normalized spacial score (nSPS) is 10.2. The molecule has 0 aliphatic rings. The van der Waals surface area contributed by atoms with Gasteiger partial charge in [-0.15, -0.1) is 0 Å². The number of nitrogens with zero attached hydrogens (tertiary/aromatic N) is 1. The van der Waals surface area contributed by atoms with E-state index in [0.29, 0.717) is 11.3 Å². The zero-order chi connectivity index (χ0) is 22.4. The largest absolute Gasteiger partial charge is 0.454 e. The highest BCUT2D eigenvalue weighted by molar-refractivity contribution is 9.10. The van der Waals surface area contributed by atoms with Gasteiger partial charge in [0, 0.05) is 33.4 Å². The molecule has 0 saturated heterocycles. The molecule has 156 valence electrons. The molecule has 0 spiro atoms. The summed E-state index contributed by atoms with van der Waals surface area (Å²) in [5.74, 6) is -1.49.